The van der Waals surface area contributed by atoms with Gasteiger partial charge in [-0.15, -0.1) is 0 Å². The van der Waals surface area contributed by atoms with Crippen molar-refractivity contribution in [2.45, 2.75) is 32.2 Å². The molecule has 1 aliphatic heterocycles. The van der Waals surface area contributed by atoms with Crippen molar-refractivity contribution in [2.75, 3.05) is 19.6 Å². The van der Waals surface area contributed by atoms with Crippen molar-refractivity contribution in [2.24, 2.45) is 5.92 Å². The number of amides is 1. The molecule has 20 heavy (non-hydrogen) atoms. The van der Waals surface area contributed by atoms with Crippen molar-refractivity contribution in [3.63, 3.8) is 0 Å². The summed E-state index contributed by atoms with van der Waals surface area (Å²) in [7, 11) is 0. The maximum Gasteiger partial charge on any atom is 0.251 e. The van der Waals surface area contributed by atoms with Crippen LogP contribution >= 0.6 is 15.9 Å². The van der Waals surface area contributed by atoms with Crippen molar-refractivity contribution in [1.29, 1.82) is 0 Å². The summed E-state index contributed by atoms with van der Waals surface area (Å²) in [4.78, 5) is 14.7. The Bertz CT molecular complexity index is 513. The molecule has 3 nitrogen and oxygen atoms in total. The summed E-state index contributed by atoms with van der Waals surface area (Å²) in [6.45, 7) is 5.18. The van der Waals surface area contributed by atoms with Crippen molar-refractivity contribution in [3.8, 4) is 0 Å². The Balaban J connectivity index is 1.50. The number of hydrogen-bond donors (Lipinski definition) is 1. The van der Waals surface area contributed by atoms with Gasteiger partial charge in [0.25, 0.3) is 5.91 Å². The second-order valence-corrected chi connectivity index (χ2v) is 6.91. The molecule has 2 fully saturated rings. The smallest absolute Gasteiger partial charge is 0.251 e. The summed E-state index contributed by atoms with van der Waals surface area (Å²) in [6.07, 6.45) is 3.96. The fourth-order valence-electron chi connectivity index (χ4n) is 2.93. The molecule has 1 aromatic rings. The third kappa shape index (κ3) is 3.23. The first-order valence-corrected chi connectivity index (χ1v) is 8.21. The van der Waals surface area contributed by atoms with Gasteiger partial charge in [0.2, 0.25) is 0 Å². The molecule has 1 atom stereocenters. The lowest BCUT2D eigenvalue weighted by atomic mass is 10.1. The van der Waals surface area contributed by atoms with Crippen LogP contribution in [0.5, 0.6) is 0 Å². The van der Waals surface area contributed by atoms with E-state index in [0.29, 0.717) is 5.92 Å². The number of likely N-dealkylation sites (tertiary alicyclic amines) is 1. The van der Waals surface area contributed by atoms with Crippen molar-refractivity contribution in [1.82, 2.24) is 10.2 Å². The number of hydrogen-bond acceptors (Lipinski definition) is 2. The van der Waals surface area contributed by atoms with Crippen LogP contribution in [0, 0.1) is 12.8 Å². The molecule has 1 amide bonds. The van der Waals surface area contributed by atoms with Gasteiger partial charge in [0.15, 0.2) is 0 Å². The maximum atomic E-state index is 12.2. The van der Waals surface area contributed by atoms with Gasteiger partial charge in [-0.3, -0.25) is 4.79 Å². The number of rotatable bonds is 4. The fraction of sp³-hybridized carbons (Fsp3) is 0.562. The number of carbonyl (C=O) groups is 1. The van der Waals surface area contributed by atoms with Gasteiger partial charge >= 0.3 is 0 Å². The van der Waals surface area contributed by atoms with Crippen LogP contribution in [0.15, 0.2) is 22.7 Å². The molecule has 1 heterocycles. The van der Waals surface area contributed by atoms with E-state index >= 15 is 0 Å². The van der Waals surface area contributed by atoms with Crippen LogP contribution in [-0.2, 0) is 0 Å². The molecule has 1 unspecified atom stereocenters. The molecule has 1 N–H and O–H groups in total. The zero-order valence-corrected chi connectivity index (χ0v) is 13.4. The average molecular weight is 337 g/mol. The number of nitrogens with zero attached hydrogens (tertiary/aromatic N) is 1. The second kappa shape index (κ2) is 5.86. The standard InChI is InChI=1S/C16H21BrN2O/c1-11-8-13(2-5-15(11)17)16(20)18-9-12-6-7-19(10-12)14-3-4-14/h2,5,8,12,14H,3-4,6-7,9-10H2,1H3,(H,18,20). The third-order valence-corrected chi connectivity index (χ3v) is 5.24. The number of halogens is 1. The Morgan fingerprint density at radius 2 is 2.20 bits per heavy atom. The SMILES string of the molecule is Cc1cc(C(=O)NCC2CCN(C3CC3)C2)ccc1Br. The largest absolute Gasteiger partial charge is 0.352 e. The molecule has 3 rings (SSSR count). The summed E-state index contributed by atoms with van der Waals surface area (Å²) in [5, 5.41) is 3.09. The van der Waals surface area contributed by atoms with Gasteiger partial charge in [-0.05, 0) is 62.4 Å². The minimum Gasteiger partial charge on any atom is -0.352 e. The van der Waals surface area contributed by atoms with Gasteiger partial charge < -0.3 is 10.2 Å². The van der Waals surface area contributed by atoms with Crippen molar-refractivity contribution >= 4 is 21.8 Å². The quantitative estimate of drug-likeness (QED) is 0.916. The highest BCUT2D eigenvalue weighted by Gasteiger charge is 2.34. The van der Waals surface area contributed by atoms with Crippen LogP contribution in [0.3, 0.4) is 0 Å². The Morgan fingerprint density at radius 1 is 1.40 bits per heavy atom. The summed E-state index contributed by atoms with van der Waals surface area (Å²) in [5.41, 5.74) is 1.85. The lowest BCUT2D eigenvalue weighted by Gasteiger charge is -2.15. The van der Waals surface area contributed by atoms with Gasteiger partial charge in [0.1, 0.15) is 0 Å². The summed E-state index contributed by atoms with van der Waals surface area (Å²) < 4.78 is 1.05. The van der Waals surface area contributed by atoms with Crippen LogP contribution in [0.25, 0.3) is 0 Å². The monoisotopic (exact) mass is 336 g/mol. The summed E-state index contributed by atoms with van der Waals surface area (Å²) in [6, 6.07) is 6.60. The third-order valence-electron chi connectivity index (χ3n) is 4.35. The van der Waals surface area contributed by atoms with E-state index in [2.05, 4.69) is 26.1 Å². The van der Waals surface area contributed by atoms with E-state index in [1.54, 1.807) is 0 Å². The Hall–Kier alpha value is -0.870. The van der Waals surface area contributed by atoms with Crippen LogP contribution in [0.1, 0.15) is 35.2 Å². The molecule has 1 saturated carbocycles. The average Bonchev–Trinajstić information content (AvgIpc) is 3.18. The lowest BCUT2D eigenvalue weighted by Crippen LogP contribution is -2.31. The highest BCUT2D eigenvalue weighted by atomic mass is 79.9. The number of carbonyl (C=O) groups excluding carboxylic acids is 1. The van der Waals surface area contributed by atoms with Crippen molar-refractivity contribution in [3.05, 3.63) is 33.8 Å². The normalized spacial score (nSPS) is 23.0. The Labute approximate surface area is 128 Å². The maximum absolute atomic E-state index is 12.2. The Kier molecular flexibility index (Phi) is 4.13. The van der Waals surface area contributed by atoms with E-state index in [4.69, 9.17) is 0 Å². The Morgan fingerprint density at radius 3 is 2.90 bits per heavy atom. The number of nitrogens with one attached hydrogen (secondary N) is 1. The van der Waals surface area contributed by atoms with E-state index in [-0.39, 0.29) is 5.91 Å². The molecule has 0 radical (unpaired) electrons. The van der Waals surface area contributed by atoms with Crippen LogP contribution in [0.2, 0.25) is 0 Å². The predicted molar refractivity (Wildman–Crippen MR) is 83.9 cm³/mol. The van der Waals surface area contributed by atoms with Crippen LogP contribution < -0.4 is 5.32 Å². The van der Waals surface area contributed by atoms with Gasteiger partial charge in [-0.2, -0.15) is 0 Å². The molecule has 0 aromatic heterocycles. The first-order valence-electron chi connectivity index (χ1n) is 7.42. The highest BCUT2D eigenvalue weighted by Crippen LogP contribution is 2.31. The van der Waals surface area contributed by atoms with E-state index in [1.807, 2.05) is 25.1 Å². The highest BCUT2D eigenvalue weighted by molar-refractivity contribution is 9.10. The van der Waals surface area contributed by atoms with Gasteiger partial charge in [0.05, 0.1) is 0 Å². The molecule has 2 aliphatic rings. The molecule has 0 spiro atoms. The first-order chi connectivity index (χ1) is 9.63. The number of benzene rings is 1. The predicted octanol–water partition coefficient (Wildman–Crippen LogP) is 2.97. The van der Waals surface area contributed by atoms with Crippen molar-refractivity contribution < 1.29 is 4.79 Å². The molecule has 108 valence electrons. The van der Waals surface area contributed by atoms with E-state index in [1.165, 1.54) is 25.8 Å². The molecule has 1 saturated heterocycles. The van der Waals surface area contributed by atoms with Gasteiger partial charge in [-0.25, -0.2) is 0 Å². The fourth-order valence-corrected chi connectivity index (χ4v) is 3.17. The molecule has 0 bridgehead atoms. The molecule has 1 aliphatic carbocycles. The van der Waals surface area contributed by atoms with Crippen LogP contribution in [-0.4, -0.2) is 36.5 Å². The van der Waals surface area contributed by atoms with Crippen LogP contribution in [0.4, 0.5) is 0 Å². The molecule has 1 aromatic carbocycles. The summed E-state index contributed by atoms with van der Waals surface area (Å²) >= 11 is 3.46. The lowest BCUT2D eigenvalue weighted by molar-refractivity contribution is 0.0947. The summed E-state index contributed by atoms with van der Waals surface area (Å²) in [5.74, 6) is 0.668. The molecular formula is C16H21BrN2O. The van der Waals surface area contributed by atoms with Gasteiger partial charge in [0, 0.05) is 29.2 Å². The second-order valence-electron chi connectivity index (χ2n) is 6.05. The van der Waals surface area contributed by atoms with E-state index in [9.17, 15) is 4.79 Å². The number of aryl methyl sites for hydroxylation is 1. The van der Waals surface area contributed by atoms with E-state index in [0.717, 1.165) is 34.7 Å². The van der Waals surface area contributed by atoms with E-state index < -0.39 is 0 Å². The zero-order valence-electron chi connectivity index (χ0n) is 11.9. The molecular weight excluding hydrogens is 316 g/mol. The zero-order chi connectivity index (χ0) is 14.1. The molecule has 4 heteroatoms. The van der Waals surface area contributed by atoms with Gasteiger partial charge in [-0.1, -0.05) is 15.9 Å². The first kappa shape index (κ1) is 14.1. The minimum atomic E-state index is 0.0467. The topological polar surface area (TPSA) is 32.3 Å². The minimum absolute atomic E-state index is 0.0467.